The number of amides is 1. The number of rotatable bonds is 7. The molecular weight excluding hydrogens is 462 g/mol. The first-order chi connectivity index (χ1) is 17.0. The number of anilines is 1. The second kappa shape index (κ2) is 9.80. The fourth-order valence-electron chi connectivity index (χ4n) is 4.29. The zero-order chi connectivity index (χ0) is 24.4. The highest BCUT2D eigenvalue weighted by atomic mass is 32.1. The SMILES string of the molecule is CCOC(=O)c1c(NC(=O)Cc2cccc3ccccc23)sc(Cc2ccc3c(c2)OCO3)c1C. The smallest absolute Gasteiger partial charge is 0.341 e. The molecule has 0 fully saturated rings. The minimum atomic E-state index is -0.432. The van der Waals surface area contributed by atoms with Gasteiger partial charge in [-0.1, -0.05) is 48.5 Å². The number of carbonyl (C=O) groups excluding carboxylic acids is 2. The quantitative estimate of drug-likeness (QED) is 0.329. The van der Waals surface area contributed by atoms with Crippen molar-refractivity contribution < 1.29 is 23.8 Å². The molecule has 0 radical (unpaired) electrons. The maximum atomic E-state index is 13.1. The van der Waals surface area contributed by atoms with E-state index in [1.54, 1.807) is 6.92 Å². The summed E-state index contributed by atoms with van der Waals surface area (Å²) in [6.45, 7) is 4.14. The van der Waals surface area contributed by atoms with Gasteiger partial charge in [0.2, 0.25) is 12.7 Å². The number of hydrogen-bond donors (Lipinski definition) is 1. The molecule has 0 atom stereocenters. The zero-order valence-electron chi connectivity index (χ0n) is 19.6. The predicted molar refractivity (Wildman–Crippen MR) is 137 cm³/mol. The fraction of sp³-hybridized carbons (Fsp3) is 0.214. The van der Waals surface area contributed by atoms with Crippen LogP contribution < -0.4 is 14.8 Å². The summed E-state index contributed by atoms with van der Waals surface area (Å²) in [5.41, 5.74) is 3.19. The average Bonchev–Trinajstić information content (AvgIpc) is 3.43. The van der Waals surface area contributed by atoms with E-state index in [2.05, 4.69) is 5.32 Å². The van der Waals surface area contributed by atoms with Gasteiger partial charge in [-0.25, -0.2) is 4.79 Å². The number of benzene rings is 3. The molecule has 1 aromatic heterocycles. The Morgan fingerprint density at radius 1 is 1.03 bits per heavy atom. The molecule has 1 amide bonds. The Morgan fingerprint density at radius 2 is 1.83 bits per heavy atom. The first kappa shape index (κ1) is 22.9. The molecule has 4 aromatic rings. The van der Waals surface area contributed by atoms with Crippen LogP contribution in [0.5, 0.6) is 11.5 Å². The normalized spacial score (nSPS) is 12.1. The average molecular weight is 488 g/mol. The van der Waals surface area contributed by atoms with Gasteiger partial charge in [0.1, 0.15) is 5.00 Å². The van der Waals surface area contributed by atoms with Gasteiger partial charge in [-0.05, 0) is 53.4 Å². The second-order valence-electron chi connectivity index (χ2n) is 8.30. The molecule has 0 unspecified atom stereocenters. The number of thiophene rings is 1. The molecule has 178 valence electrons. The van der Waals surface area contributed by atoms with Crippen molar-refractivity contribution in [2.24, 2.45) is 0 Å². The second-order valence-corrected chi connectivity index (χ2v) is 9.41. The van der Waals surface area contributed by atoms with Crippen molar-refractivity contribution in [2.45, 2.75) is 26.7 Å². The summed E-state index contributed by atoms with van der Waals surface area (Å²) in [4.78, 5) is 26.9. The van der Waals surface area contributed by atoms with Crippen LogP contribution in [0, 0.1) is 6.92 Å². The summed E-state index contributed by atoms with van der Waals surface area (Å²) in [6.07, 6.45) is 0.802. The summed E-state index contributed by atoms with van der Waals surface area (Å²) >= 11 is 1.41. The van der Waals surface area contributed by atoms with Crippen molar-refractivity contribution in [3.63, 3.8) is 0 Å². The van der Waals surface area contributed by atoms with Crippen LogP contribution >= 0.6 is 11.3 Å². The molecule has 2 heterocycles. The van der Waals surface area contributed by atoms with Crippen LogP contribution in [0.3, 0.4) is 0 Å². The molecule has 1 aliphatic heterocycles. The van der Waals surface area contributed by atoms with E-state index in [9.17, 15) is 9.59 Å². The topological polar surface area (TPSA) is 73.9 Å². The molecule has 35 heavy (non-hydrogen) atoms. The summed E-state index contributed by atoms with van der Waals surface area (Å²) in [5, 5.41) is 5.63. The molecule has 3 aromatic carbocycles. The van der Waals surface area contributed by atoms with E-state index in [1.165, 1.54) is 11.3 Å². The number of esters is 1. The maximum Gasteiger partial charge on any atom is 0.341 e. The van der Waals surface area contributed by atoms with E-state index < -0.39 is 5.97 Å². The molecule has 0 saturated carbocycles. The first-order valence-corrected chi connectivity index (χ1v) is 12.3. The summed E-state index contributed by atoms with van der Waals surface area (Å²) in [5.74, 6) is 0.831. The molecule has 1 aliphatic rings. The highest BCUT2D eigenvalue weighted by molar-refractivity contribution is 7.17. The van der Waals surface area contributed by atoms with E-state index in [-0.39, 0.29) is 25.7 Å². The fourth-order valence-corrected chi connectivity index (χ4v) is 5.54. The van der Waals surface area contributed by atoms with E-state index in [4.69, 9.17) is 14.2 Å². The van der Waals surface area contributed by atoms with Crippen LogP contribution in [0.1, 0.15) is 38.8 Å². The van der Waals surface area contributed by atoms with Gasteiger partial charge in [0.05, 0.1) is 18.6 Å². The molecule has 0 aliphatic carbocycles. The van der Waals surface area contributed by atoms with Crippen LogP contribution in [-0.2, 0) is 22.4 Å². The summed E-state index contributed by atoms with van der Waals surface area (Å²) in [6, 6.07) is 19.7. The monoisotopic (exact) mass is 487 g/mol. The number of carbonyl (C=O) groups is 2. The third-order valence-corrected chi connectivity index (χ3v) is 7.22. The van der Waals surface area contributed by atoms with Gasteiger partial charge >= 0.3 is 5.97 Å². The van der Waals surface area contributed by atoms with Crippen molar-refractivity contribution in [1.82, 2.24) is 0 Å². The minimum Gasteiger partial charge on any atom is -0.462 e. The summed E-state index contributed by atoms with van der Waals surface area (Å²) in [7, 11) is 0. The molecule has 5 rings (SSSR count). The third kappa shape index (κ3) is 4.72. The van der Waals surface area contributed by atoms with Crippen LogP contribution in [0.2, 0.25) is 0 Å². The number of fused-ring (bicyclic) bond motifs is 2. The highest BCUT2D eigenvalue weighted by Crippen LogP contribution is 2.38. The van der Waals surface area contributed by atoms with E-state index in [0.29, 0.717) is 22.7 Å². The third-order valence-electron chi connectivity index (χ3n) is 6.01. The maximum absolute atomic E-state index is 13.1. The van der Waals surface area contributed by atoms with Gasteiger partial charge in [0.25, 0.3) is 0 Å². The van der Waals surface area contributed by atoms with E-state index >= 15 is 0 Å². The molecule has 1 N–H and O–H groups in total. The Balaban J connectivity index is 1.42. The lowest BCUT2D eigenvalue weighted by Gasteiger charge is -2.09. The van der Waals surface area contributed by atoms with Crippen LogP contribution in [0.15, 0.2) is 60.7 Å². The molecule has 0 saturated heterocycles. The first-order valence-electron chi connectivity index (χ1n) is 11.5. The van der Waals surface area contributed by atoms with Crippen molar-refractivity contribution in [3.8, 4) is 11.5 Å². The molecular formula is C28H25NO5S. The Bertz CT molecular complexity index is 1420. The predicted octanol–water partition coefficient (Wildman–Crippen LogP) is 5.89. The van der Waals surface area contributed by atoms with Gasteiger partial charge < -0.3 is 19.5 Å². The van der Waals surface area contributed by atoms with Crippen LogP contribution in [-0.4, -0.2) is 25.3 Å². The van der Waals surface area contributed by atoms with E-state index in [1.807, 2.05) is 67.6 Å². The lowest BCUT2D eigenvalue weighted by Crippen LogP contribution is -2.16. The number of ether oxygens (including phenoxy) is 3. The van der Waals surface area contributed by atoms with Crippen LogP contribution in [0.25, 0.3) is 10.8 Å². The van der Waals surface area contributed by atoms with Crippen LogP contribution in [0.4, 0.5) is 5.00 Å². The summed E-state index contributed by atoms with van der Waals surface area (Å²) < 4.78 is 16.2. The van der Waals surface area contributed by atoms with Crippen molar-refractivity contribution in [2.75, 3.05) is 18.7 Å². The largest absolute Gasteiger partial charge is 0.462 e. The van der Waals surface area contributed by atoms with Gasteiger partial charge in [-0.2, -0.15) is 0 Å². The molecule has 7 heteroatoms. The van der Waals surface area contributed by atoms with Crippen molar-refractivity contribution >= 4 is 39.0 Å². The molecule has 0 spiro atoms. The van der Waals surface area contributed by atoms with Gasteiger partial charge in [0, 0.05) is 11.3 Å². The molecule has 0 bridgehead atoms. The zero-order valence-corrected chi connectivity index (χ0v) is 20.4. The Labute approximate surface area is 207 Å². The van der Waals surface area contributed by atoms with Gasteiger partial charge in [0.15, 0.2) is 11.5 Å². The number of hydrogen-bond acceptors (Lipinski definition) is 6. The Hall–Kier alpha value is -3.84. The Kier molecular flexibility index (Phi) is 6.42. The lowest BCUT2D eigenvalue weighted by atomic mass is 10.0. The standard InChI is InChI=1S/C28H25NO5S/c1-3-32-28(31)26-17(2)24(14-18-11-12-22-23(13-18)34-16-33-22)35-27(26)29-25(30)15-20-9-6-8-19-7-4-5-10-21(19)20/h4-13H,3,14-16H2,1-2H3,(H,29,30). The van der Waals surface area contributed by atoms with Gasteiger partial charge in [-0.15, -0.1) is 11.3 Å². The van der Waals surface area contributed by atoms with Crippen molar-refractivity contribution in [3.05, 3.63) is 87.8 Å². The Morgan fingerprint density at radius 3 is 2.69 bits per heavy atom. The van der Waals surface area contributed by atoms with Crippen molar-refractivity contribution in [1.29, 1.82) is 0 Å². The van der Waals surface area contributed by atoms with E-state index in [0.717, 1.165) is 38.1 Å². The molecule has 6 nitrogen and oxygen atoms in total. The number of nitrogens with one attached hydrogen (secondary N) is 1. The van der Waals surface area contributed by atoms with Gasteiger partial charge in [-0.3, -0.25) is 4.79 Å². The highest BCUT2D eigenvalue weighted by Gasteiger charge is 2.24. The minimum absolute atomic E-state index is 0.178. The lowest BCUT2D eigenvalue weighted by molar-refractivity contribution is -0.115.